The van der Waals surface area contributed by atoms with Gasteiger partial charge in [0.1, 0.15) is 11.5 Å². The predicted octanol–water partition coefficient (Wildman–Crippen LogP) is 4.02. The average Bonchev–Trinajstić information content (AvgIpc) is 2.73. The van der Waals surface area contributed by atoms with Crippen LogP contribution in [0.2, 0.25) is 0 Å². The van der Waals surface area contributed by atoms with Crippen molar-refractivity contribution >= 4 is 17.4 Å². The summed E-state index contributed by atoms with van der Waals surface area (Å²) < 4.78 is 10.6. The van der Waals surface area contributed by atoms with E-state index < -0.39 is 0 Å². The lowest BCUT2D eigenvalue weighted by molar-refractivity contribution is 0.251. The molecule has 3 rings (SSSR count). The molecule has 0 radical (unpaired) electrons. The van der Waals surface area contributed by atoms with Crippen LogP contribution in [-0.2, 0) is 6.54 Å². The van der Waals surface area contributed by atoms with Gasteiger partial charge in [-0.2, -0.15) is 0 Å². The van der Waals surface area contributed by atoms with Crippen molar-refractivity contribution in [2.24, 2.45) is 0 Å². The number of rotatable bonds is 6. The summed E-state index contributed by atoms with van der Waals surface area (Å²) in [6, 6.07) is 13.2. The Bertz CT molecular complexity index is 773. The molecule has 27 heavy (non-hydrogen) atoms. The van der Waals surface area contributed by atoms with E-state index >= 15 is 0 Å². The third kappa shape index (κ3) is 4.84. The summed E-state index contributed by atoms with van der Waals surface area (Å²) in [5, 5.41) is 5.88. The molecule has 0 unspecified atom stereocenters. The minimum absolute atomic E-state index is 0.246. The van der Waals surface area contributed by atoms with E-state index in [4.69, 9.17) is 9.47 Å². The molecule has 0 aromatic heterocycles. The van der Waals surface area contributed by atoms with Crippen molar-refractivity contribution in [3.8, 4) is 11.5 Å². The molecular weight excluding hydrogens is 342 g/mol. The number of nitrogens with one attached hydrogen (secondary N) is 2. The summed E-state index contributed by atoms with van der Waals surface area (Å²) in [5.74, 6) is 1.44. The Morgan fingerprint density at radius 1 is 1.04 bits per heavy atom. The smallest absolute Gasteiger partial charge is 0.319 e. The Morgan fingerprint density at radius 2 is 1.81 bits per heavy atom. The molecule has 2 aromatic rings. The van der Waals surface area contributed by atoms with Crippen LogP contribution >= 0.6 is 0 Å². The topological polar surface area (TPSA) is 62.8 Å². The van der Waals surface area contributed by atoms with E-state index in [1.54, 1.807) is 14.2 Å². The normalized spacial score (nSPS) is 13.8. The standard InChI is InChI=1S/C21H27N3O3/c1-26-17-10-11-20(27-2)16(14-17)15-22-21(25)23-18-8-4-5-9-19(18)24-12-6-3-7-13-24/h4-5,8-11,14H,3,6-7,12-13,15H2,1-2H3,(H2,22,23,25). The maximum Gasteiger partial charge on any atom is 0.319 e. The zero-order chi connectivity index (χ0) is 19.1. The molecule has 0 spiro atoms. The van der Waals surface area contributed by atoms with E-state index in [0.29, 0.717) is 12.3 Å². The Hall–Kier alpha value is -2.89. The number of hydrogen-bond acceptors (Lipinski definition) is 4. The monoisotopic (exact) mass is 369 g/mol. The van der Waals surface area contributed by atoms with Crippen LogP contribution in [0.15, 0.2) is 42.5 Å². The quantitative estimate of drug-likeness (QED) is 0.807. The highest BCUT2D eigenvalue weighted by Gasteiger charge is 2.15. The lowest BCUT2D eigenvalue weighted by Crippen LogP contribution is -2.32. The number of amides is 2. The van der Waals surface area contributed by atoms with Crippen LogP contribution < -0.4 is 25.0 Å². The first-order chi connectivity index (χ1) is 13.2. The van der Waals surface area contributed by atoms with Crippen LogP contribution in [0.25, 0.3) is 0 Å². The molecule has 0 bridgehead atoms. The zero-order valence-corrected chi connectivity index (χ0v) is 16.0. The van der Waals surface area contributed by atoms with Crippen molar-refractivity contribution in [1.29, 1.82) is 0 Å². The van der Waals surface area contributed by atoms with Crippen LogP contribution in [0.5, 0.6) is 11.5 Å². The van der Waals surface area contributed by atoms with Crippen molar-refractivity contribution in [3.63, 3.8) is 0 Å². The molecule has 1 heterocycles. The highest BCUT2D eigenvalue weighted by Crippen LogP contribution is 2.28. The average molecular weight is 369 g/mol. The fraction of sp³-hybridized carbons (Fsp3) is 0.381. The maximum atomic E-state index is 12.5. The van der Waals surface area contributed by atoms with Crippen LogP contribution in [0.4, 0.5) is 16.2 Å². The zero-order valence-electron chi connectivity index (χ0n) is 16.0. The highest BCUT2D eigenvalue weighted by molar-refractivity contribution is 5.93. The van der Waals surface area contributed by atoms with E-state index in [1.165, 1.54) is 19.3 Å². The summed E-state index contributed by atoms with van der Waals surface area (Å²) in [6.07, 6.45) is 3.65. The number of carbonyl (C=O) groups is 1. The van der Waals surface area contributed by atoms with Crippen LogP contribution in [0.3, 0.4) is 0 Å². The Morgan fingerprint density at radius 3 is 2.56 bits per heavy atom. The molecule has 2 amide bonds. The molecule has 1 saturated heterocycles. The van der Waals surface area contributed by atoms with Crippen molar-refractivity contribution in [2.45, 2.75) is 25.8 Å². The molecule has 1 aliphatic rings. The van der Waals surface area contributed by atoms with E-state index in [0.717, 1.165) is 35.8 Å². The van der Waals surface area contributed by atoms with Gasteiger partial charge in [0.05, 0.1) is 25.6 Å². The number of piperidine rings is 1. The van der Waals surface area contributed by atoms with E-state index in [9.17, 15) is 4.79 Å². The summed E-state index contributed by atoms with van der Waals surface area (Å²) in [7, 11) is 3.23. The van der Waals surface area contributed by atoms with Gasteiger partial charge in [0, 0.05) is 25.2 Å². The van der Waals surface area contributed by atoms with Gasteiger partial charge in [-0.1, -0.05) is 12.1 Å². The second kappa shape index (κ2) is 9.16. The number of hydrogen-bond donors (Lipinski definition) is 2. The molecule has 1 fully saturated rings. The molecule has 0 atom stereocenters. The number of nitrogens with zero attached hydrogens (tertiary/aromatic N) is 1. The van der Waals surface area contributed by atoms with Crippen LogP contribution in [0.1, 0.15) is 24.8 Å². The molecule has 144 valence electrons. The number of ether oxygens (including phenoxy) is 2. The largest absolute Gasteiger partial charge is 0.497 e. The molecule has 2 N–H and O–H groups in total. The Balaban J connectivity index is 1.65. The first-order valence-corrected chi connectivity index (χ1v) is 9.31. The van der Waals surface area contributed by atoms with Gasteiger partial charge in [0.25, 0.3) is 0 Å². The van der Waals surface area contributed by atoms with E-state index in [-0.39, 0.29) is 6.03 Å². The molecule has 0 aliphatic carbocycles. The van der Waals surface area contributed by atoms with Crippen molar-refractivity contribution in [1.82, 2.24) is 5.32 Å². The molecule has 0 saturated carbocycles. The number of benzene rings is 2. The van der Waals surface area contributed by atoms with E-state index in [1.807, 2.05) is 36.4 Å². The summed E-state index contributed by atoms with van der Waals surface area (Å²) >= 11 is 0. The van der Waals surface area contributed by atoms with Gasteiger partial charge in [-0.05, 0) is 49.6 Å². The summed E-state index contributed by atoms with van der Waals surface area (Å²) in [5.41, 5.74) is 2.76. The fourth-order valence-electron chi connectivity index (χ4n) is 3.35. The molecule has 2 aromatic carbocycles. The first kappa shape index (κ1) is 18.9. The fourth-order valence-corrected chi connectivity index (χ4v) is 3.35. The Kier molecular flexibility index (Phi) is 6.41. The van der Waals surface area contributed by atoms with Crippen LogP contribution in [-0.4, -0.2) is 33.3 Å². The van der Waals surface area contributed by atoms with Gasteiger partial charge in [-0.15, -0.1) is 0 Å². The minimum Gasteiger partial charge on any atom is -0.497 e. The number of anilines is 2. The lowest BCUT2D eigenvalue weighted by Gasteiger charge is -2.30. The predicted molar refractivity (Wildman–Crippen MR) is 108 cm³/mol. The van der Waals surface area contributed by atoms with Gasteiger partial charge in [0.15, 0.2) is 0 Å². The Labute approximate surface area is 160 Å². The van der Waals surface area contributed by atoms with Gasteiger partial charge in [-0.25, -0.2) is 4.79 Å². The SMILES string of the molecule is COc1ccc(OC)c(CNC(=O)Nc2ccccc2N2CCCCC2)c1. The third-order valence-corrected chi connectivity index (χ3v) is 4.78. The maximum absolute atomic E-state index is 12.5. The number of methoxy groups -OCH3 is 2. The van der Waals surface area contributed by atoms with Crippen molar-refractivity contribution in [3.05, 3.63) is 48.0 Å². The van der Waals surface area contributed by atoms with Crippen molar-refractivity contribution < 1.29 is 14.3 Å². The number of urea groups is 1. The minimum atomic E-state index is -0.246. The molecule has 1 aliphatic heterocycles. The van der Waals surface area contributed by atoms with Gasteiger partial charge < -0.3 is 25.0 Å². The first-order valence-electron chi connectivity index (χ1n) is 9.31. The van der Waals surface area contributed by atoms with Gasteiger partial charge >= 0.3 is 6.03 Å². The molecule has 6 nitrogen and oxygen atoms in total. The molecular formula is C21H27N3O3. The summed E-state index contributed by atoms with van der Waals surface area (Å²) in [6.45, 7) is 2.40. The second-order valence-corrected chi connectivity index (χ2v) is 6.55. The van der Waals surface area contributed by atoms with Gasteiger partial charge in [-0.3, -0.25) is 0 Å². The highest BCUT2D eigenvalue weighted by atomic mass is 16.5. The third-order valence-electron chi connectivity index (χ3n) is 4.78. The van der Waals surface area contributed by atoms with Crippen LogP contribution in [0, 0.1) is 0 Å². The van der Waals surface area contributed by atoms with Gasteiger partial charge in [0.2, 0.25) is 0 Å². The lowest BCUT2D eigenvalue weighted by atomic mass is 10.1. The van der Waals surface area contributed by atoms with E-state index in [2.05, 4.69) is 21.6 Å². The number of carbonyl (C=O) groups excluding carboxylic acids is 1. The number of para-hydroxylation sites is 2. The van der Waals surface area contributed by atoms with Crippen molar-refractivity contribution in [2.75, 3.05) is 37.5 Å². The second-order valence-electron chi connectivity index (χ2n) is 6.55. The summed E-state index contributed by atoms with van der Waals surface area (Å²) in [4.78, 5) is 14.8. The molecule has 6 heteroatoms.